The van der Waals surface area contributed by atoms with Crippen molar-refractivity contribution >= 4 is 5.97 Å². The van der Waals surface area contributed by atoms with Crippen LogP contribution >= 0.6 is 0 Å². The molecule has 1 N–H and O–H groups in total. The molecule has 0 spiro atoms. The molecule has 2 rings (SSSR count). The summed E-state index contributed by atoms with van der Waals surface area (Å²) in [7, 11) is 0. The van der Waals surface area contributed by atoms with Crippen LogP contribution in [0.1, 0.15) is 23.7 Å². The van der Waals surface area contributed by atoms with Gasteiger partial charge in [0.05, 0.1) is 31.2 Å². The lowest BCUT2D eigenvalue weighted by molar-refractivity contribution is 0.0696. The molecule has 0 bridgehead atoms. The van der Waals surface area contributed by atoms with E-state index in [9.17, 15) is 4.79 Å². The van der Waals surface area contributed by atoms with Crippen LogP contribution in [-0.2, 0) is 6.54 Å². The van der Waals surface area contributed by atoms with E-state index in [-0.39, 0.29) is 5.56 Å². The van der Waals surface area contributed by atoms with Crippen LogP contribution in [0.2, 0.25) is 0 Å². The number of carboxylic acids is 1. The van der Waals surface area contributed by atoms with E-state index in [1.165, 1.54) is 12.1 Å². The molecular weight excluding hydrogens is 272 g/mol. The summed E-state index contributed by atoms with van der Waals surface area (Å²) < 4.78 is 12.8. The Labute approximate surface area is 122 Å². The van der Waals surface area contributed by atoms with Crippen LogP contribution in [0.25, 0.3) is 0 Å². The predicted molar refractivity (Wildman–Crippen MR) is 76.9 cm³/mol. The Morgan fingerprint density at radius 1 is 1.29 bits per heavy atom. The predicted octanol–water partition coefficient (Wildman–Crippen LogP) is 2.45. The van der Waals surface area contributed by atoms with Gasteiger partial charge in [-0.2, -0.15) is 5.10 Å². The maximum atomic E-state index is 10.8. The Morgan fingerprint density at radius 3 is 2.71 bits per heavy atom. The summed E-state index contributed by atoms with van der Waals surface area (Å²) in [5.41, 5.74) is 0.218. The van der Waals surface area contributed by atoms with Crippen molar-refractivity contribution in [2.45, 2.75) is 19.9 Å². The van der Waals surface area contributed by atoms with Gasteiger partial charge in [0.1, 0.15) is 5.75 Å². The van der Waals surface area contributed by atoms with E-state index >= 15 is 0 Å². The van der Waals surface area contributed by atoms with Crippen LogP contribution in [0.5, 0.6) is 11.5 Å². The number of benzene rings is 1. The van der Waals surface area contributed by atoms with Crippen LogP contribution in [0.4, 0.5) is 0 Å². The van der Waals surface area contributed by atoms with Gasteiger partial charge in [0.15, 0.2) is 5.75 Å². The van der Waals surface area contributed by atoms with Gasteiger partial charge >= 0.3 is 5.97 Å². The molecule has 0 unspecified atom stereocenters. The fourth-order valence-corrected chi connectivity index (χ4v) is 1.75. The number of nitrogens with zero attached hydrogens (tertiary/aromatic N) is 2. The van der Waals surface area contributed by atoms with E-state index in [1.807, 2.05) is 13.1 Å². The lowest BCUT2D eigenvalue weighted by Crippen LogP contribution is -2.05. The highest BCUT2D eigenvalue weighted by Gasteiger charge is 2.03. The minimum atomic E-state index is -0.961. The molecule has 0 fully saturated rings. The van der Waals surface area contributed by atoms with Gasteiger partial charge in [-0.15, -0.1) is 0 Å². The molecule has 0 aliphatic heterocycles. The Kier molecular flexibility index (Phi) is 5.20. The molecule has 0 aliphatic carbocycles. The van der Waals surface area contributed by atoms with Crippen molar-refractivity contribution in [1.29, 1.82) is 0 Å². The molecule has 6 heteroatoms. The smallest absolute Gasteiger partial charge is 0.335 e. The summed E-state index contributed by atoms with van der Waals surface area (Å²) in [6, 6.07) is 6.44. The molecule has 1 aromatic heterocycles. The van der Waals surface area contributed by atoms with E-state index in [1.54, 1.807) is 23.0 Å². The third kappa shape index (κ3) is 4.52. The molecule has 0 radical (unpaired) electrons. The number of hydrogen-bond acceptors (Lipinski definition) is 4. The number of aryl methyl sites for hydroxylation is 1. The largest absolute Gasteiger partial charge is 0.493 e. The first kappa shape index (κ1) is 14.9. The number of rotatable bonds is 8. The monoisotopic (exact) mass is 290 g/mol. The van der Waals surface area contributed by atoms with Crippen molar-refractivity contribution in [3.8, 4) is 11.5 Å². The number of carbonyl (C=O) groups is 1. The normalized spacial score (nSPS) is 10.3. The third-order valence-corrected chi connectivity index (χ3v) is 2.84. The van der Waals surface area contributed by atoms with E-state index < -0.39 is 5.97 Å². The van der Waals surface area contributed by atoms with Crippen molar-refractivity contribution in [3.63, 3.8) is 0 Å². The second-order valence-electron chi connectivity index (χ2n) is 4.42. The van der Waals surface area contributed by atoms with Gasteiger partial charge in [-0.1, -0.05) is 6.07 Å². The summed E-state index contributed by atoms with van der Waals surface area (Å²) in [4.78, 5) is 10.8. The van der Waals surface area contributed by atoms with Crippen molar-refractivity contribution < 1.29 is 19.4 Å². The fraction of sp³-hybridized carbons (Fsp3) is 0.333. The number of aromatic nitrogens is 2. The lowest BCUT2D eigenvalue weighted by Gasteiger charge is -2.07. The number of ether oxygens (including phenoxy) is 2. The topological polar surface area (TPSA) is 73.6 Å². The molecule has 0 aliphatic rings. The Morgan fingerprint density at radius 2 is 2.05 bits per heavy atom. The quantitative estimate of drug-likeness (QED) is 0.756. The summed E-state index contributed by atoms with van der Waals surface area (Å²) in [5, 5.41) is 13.0. The lowest BCUT2D eigenvalue weighted by atomic mass is 10.2. The van der Waals surface area contributed by atoms with E-state index in [0.29, 0.717) is 25.4 Å². The number of hydrogen-bond donors (Lipinski definition) is 1. The van der Waals surface area contributed by atoms with E-state index in [0.717, 1.165) is 12.3 Å². The molecule has 112 valence electrons. The second-order valence-corrected chi connectivity index (χ2v) is 4.42. The summed E-state index contributed by atoms with van der Waals surface area (Å²) in [5.74, 6) is 0.329. The SMILES string of the molecule is CCn1cc(OCCCOc2cccc(C(=O)O)c2)cn1. The summed E-state index contributed by atoms with van der Waals surface area (Å²) in [6.45, 7) is 3.81. The molecule has 0 saturated carbocycles. The number of carboxylic acid groups (broad SMARTS) is 1. The molecule has 1 aromatic carbocycles. The highest BCUT2D eigenvalue weighted by molar-refractivity contribution is 5.87. The first-order valence-electron chi connectivity index (χ1n) is 6.80. The fourth-order valence-electron chi connectivity index (χ4n) is 1.75. The molecule has 1 heterocycles. The Hall–Kier alpha value is -2.50. The maximum Gasteiger partial charge on any atom is 0.335 e. The zero-order valence-electron chi connectivity index (χ0n) is 11.9. The van der Waals surface area contributed by atoms with Crippen LogP contribution in [0, 0.1) is 0 Å². The van der Waals surface area contributed by atoms with Gasteiger partial charge in [0.25, 0.3) is 0 Å². The molecule has 2 aromatic rings. The van der Waals surface area contributed by atoms with Gasteiger partial charge in [0.2, 0.25) is 0 Å². The summed E-state index contributed by atoms with van der Waals surface area (Å²) >= 11 is 0. The van der Waals surface area contributed by atoms with Crippen molar-refractivity contribution in [1.82, 2.24) is 9.78 Å². The average Bonchev–Trinajstić information content (AvgIpc) is 2.95. The van der Waals surface area contributed by atoms with Crippen LogP contribution in [-0.4, -0.2) is 34.1 Å². The first-order valence-corrected chi connectivity index (χ1v) is 6.80. The zero-order valence-corrected chi connectivity index (χ0v) is 11.9. The van der Waals surface area contributed by atoms with E-state index in [2.05, 4.69) is 5.10 Å². The van der Waals surface area contributed by atoms with Crippen LogP contribution < -0.4 is 9.47 Å². The van der Waals surface area contributed by atoms with Crippen molar-refractivity contribution in [2.75, 3.05) is 13.2 Å². The minimum Gasteiger partial charge on any atom is -0.493 e. The Bertz CT molecular complexity index is 595. The van der Waals surface area contributed by atoms with Gasteiger partial charge in [0, 0.05) is 13.0 Å². The van der Waals surface area contributed by atoms with Gasteiger partial charge in [-0.05, 0) is 25.1 Å². The molecule has 0 saturated heterocycles. The van der Waals surface area contributed by atoms with Crippen molar-refractivity contribution in [2.24, 2.45) is 0 Å². The standard InChI is InChI=1S/C15H18N2O4/c1-2-17-11-14(10-16-17)21-8-4-7-20-13-6-3-5-12(9-13)15(18)19/h3,5-6,9-11H,2,4,7-8H2,1H3,(H,18,19). The summed E-state index contributed by atoms with van der Waals surface area (Å²) in [6.07, 6.45) is 4.23. The highest BCUT2D eigenvalue weighted by Crippen LogP contribution is 2.14. The van der Waals surface area contributed by atoms with Crippen LogP contribution in [0.15, 0.2) is 36.7 Å². The molecule has 0 atom stereocenters. The third-order valence-electron chi connectivity index (χ3n) is 2.84. The molecule has 6 nitrogen and oxygen atoms in total. The first-order chi connectivity index (χ1) is 10.2. The highest BCUT2D eigenvalue weighted by atomic mass is 16.5. The Balaban J connectivity index is 1.70. The molecular formula is C15H18N2O4. The average molecular weight is 290 g/mol. The minimum absolute atomic E-state index is 0.218. The second kappa shape index (κ2) is 7.33. The van der Waals surface area contributed by atoms with Crippen LogP contribution in [0.3, 0.4) is 0 Å². The molecule has 0 amide bonds. The van der Waals surface area contributed by atoms with Gasteiger partial charge in [-0.3, -0.25) is 4.68 Å². The van der Waals surface area contributed by atoms with E-state index in [4.69, 9.17) is 14.6 Å². The molecule has 21 heavy (non-hydrogen) atoms. The zero-order chi connectivity index (χ0) is 15.1. The maximum absolute atomic E-state index is 10.8. The number of aromatic carboxylic acids is 1. The van der Waals surface area contributed by atoms with Crippen molar-refractivity contribution in [3.05, 3.63) is 42.2 Å². The van der Waals surface area contributed by atoms with Gasteiger partial charge in [-0.25, -0.2) is 4.79 Å². The van der Waals surface area contributed by atoms with Gasteiger partial charge < -0.3 is 14.6 Å².